The Kier molecular flexibility index (Phi) is 5.75. The second-order valence-electron chi connectivity index (χ2n) is 6.69. The van der Waals surface area contributed by atoms with Crippen LogP contribution in [0, 0.1) is 0 Å². The zero-order valence-electron chi connectivity index (χ0n) is 15.3. The largest absolute Gasteiger partial charge is 0.475 e. The predicted molar refractivity (Wildman–Crippen MR) is 118 cm³/mol. The van der Waals surface area contributed by atoms with Gasteiger partial charge in [0.1, 0.15) is 10.5 Å². The van der Waals surface area contributed by atoms with Crippen LogP contribution in [0.3, 0.4) is 0 Å². The van der Waals surface area contributed by atoms with Crippen molar-refractivity contribution in [1.29, 1.82) is 0 Å². The SMILES string of the molecule is O=C(O)c1cc2c(Br)c(N3CCN(S(=O)(=O)c4cc(Cl)ccc4Cl)CC3)ccc2o1. The van der Waals surface area contributed by atoms with Crippen LogP contribution < -0.4 is 4.90 Å². The standard InChI is InChI=1S/C19H15BrCl2N2O5S/c20-18-12-10-16(19(25)26)29-15(12)4-3-14(18)23-5-7-24(8-6-23)30(27,28)17-9-11(21)1-2-13(17)22/h1-4,9-10H,5-8H2,(H,25,26). The Balaban J connectivity index is 1.57. The van der Waals surface area contributed by atoms with Gasteiger partial charge in [-0.3, -0.25) is 0 Å². The molecule has 0 atom stereocenters. The molecule has 4 rings (SSSR count). The fourth-order valence-corrected chi connectivity index (χ4v) is 6.25. The number of piperazine rings is 1. The van der Waals surface area contributed by atoms with E-state index in [-0.39, 0.29) is 28.8 Å². The molecule has 158 valence electrons. The van der Waals surface area contributed by atoms with Gasteiger partial charge in [0.15, 0.2) is 0 Å². The Morgan fingerprint density at radius 1 is 1.07 bits per heavy atom. The van der Waals surface area contributed by atoms with Crippen LogP contribution in [-0.4, -0.2) is 50.0 Å². The summed E-state index contributed by atoms with van der Waals surface area (Å²) in [7, 11) is -3.77. The number of benzene rings is 2. The quantitative estimate of drug-likeness (QED) is 0.522. The Morgan fingerprint density at radius 2 is 1.77 bits per heavy atom. The number of hydrogen-bond acceptors (Lipinski definition) is 5. The fourth-order valence-electron chi connectivity index (χ4n) is 3.40. The van der Waals surface area contributed by atoms with Crippen LogP contribution in [-0.2, 0) is 10.0 Å². The number of carboxylic acids is 1. The number of nitrogens with zero attached hydrogens (tertiary/aromatic N) is 2. The molecule has 3 aromatic rings. The highest BCUT2D eigenvalue weighted by Gasteiger charge is 2.31. The smallest absolute Gasteiger partial charge is 0.371 e. The van der Waals surface area contributed by atoms with Gasteiger partial charge >= 0.3 is 5.97 Å². The number of hydrogen-bond donors (Lipinski definition) is 1. The molecule has 0 aliphatic carbocycles. The predicted octanol–water partition coefficient (Wildman–Crippen LogP) is 4.71. The zero-order valence-corrected chi connectivity index (χ0v) is 19.2. The summed E-state index contributed by atoms with van der Waals surface area (Å²) < 4.78 is 33.4. The first-order valence-electron chi connectivity index (χ1n) is 8.84. The summed E-state index contributed by atoms with van der Waals surface area (Å²) >= 11 is 15.6. The van der Waals surface area contributed by atoms with Gasteiger partial charge in [-0.2, -0.15) is 4.31 Å². The van der Waals surface area contributed by atoms with Crippen molar-refractivity contribution >= 4 is 71.8 Å². The van der Waals surface area contributed by atoms with Crippen molar-refractivity contribution in [3.05, 3.63) is 56.7 Å². The van der Waals surface area contributed by atoms with Gasteiger partial charge in [-0.05, 0) is 46.3 Å². The van der Waals surface area contributed by atoms with E-state index in [1.54, 1.807) is 12.1 Å². The second-order valence-corrected chi connectivity index (χ2v) is 10.2. The summed E-state index contributed by atoms with van der Waals surface area (Å²) in [5, 5.41) is 10.2. The molecular formula is C19H15BrCl2N2O5S. The van der Waals surface area contributed by atoms with E-state index in [0.29, 0.717) is 33.6 Å². The molecule has 1 aliphatic rings. The van der Waals surface area contributed by atoms with E-state index < -0.39 is 16.0 Å². The number of sulfonamides is 1. The van der Waals surface area contributed by atoms with Gasteiger partial charge in [-0.1, -0.05) is 23.2 Å². The molecule has 7 nitrogen and oxygen atoms in total. The van der Waals surface area contributed by atoms with E-state index in [4.69, 9.17) is 32.7 Å². The Bertz CT molecular complexity index is 1250. The number of halogens is 3. The van der Waals surface area contributed by atoms with E-state index in [2.05, 4.69) is 15.9 Å². The van der Waals surface area contributed by atoms with Crippen LogP contribution >= 0.6 is 39.1 Å². The lowest BCUT2D eigenvalue weighted by molar-refractivity contribution is 0.0665. The Morgan fingerprint density at radius 3 is 2.43 bits per heavy atom. The molecule has 30 heavy (non-hydrogen) atoms. The third-order valence-electron chi connectivity index (χ3n) is 4.92. The van der Waals surface area contributed by atoms with Gasteiger partial charge in [0.2, 0.25) is 15.8 Å². The van der Waals surface area contributed by atoms with Crippen molar-refractivity contribution < 1.29 is 22.7 Å². The third-order valence-corrected chi connectivity index (χ3v) is 8.36. The molecule has 0 spiro atoms. The Labute approximate surface area is 190 Å². The molecule has 2 aromatic carbocycles. The maximum absolute atomic E-state index is 13.0. The molecule has 2 heterocycles. The Hall–Kier alpha value is -1.78. The molecule has 1 aromatic heterocycles. The zero-order chi connectivity index (χ0) is 21.6. The highest BCUT2D eigenvalue weighted by atomic mass is 79.9. The normalized spacial score (nSPS) is 15.6. The molecule has 1 N–H and O–H groups in total. The third kappa shape index (κ3) is 3.80. The van der Waals surface area contributed by atoms with E-state index in [9.17, 15) is 13.2 Å². The maximum atomic E-state index is 13.0. The van der Waals surface area contributed by atoms with Crippen LogP contribution in [0.4, 0.5) is 5.69 Å². The van der Waals surface area contributed by atoms with E-state index in [1.165, 1.54) is 22.5 Å². The maximum Gasteiger partial charge on any atom is 0.371 e. The van der Waals surface area contributed by atoms with Crippen molar-refractivity contribution in [2.75, 3.05) is 31.1 Å². The fraction of sp³-hybridized carbons (Fsp3) is 0.211. The molecule has 1 aliphatic heterocycles. The van der Waals surface area contributed by atoms with Gasteiger partial charge in [0.05, 0.1) is 15.2 Å². The lowest BCUT2D eigenvalue weighted by atomic mass is 10.2. The van der Waals surface area contributed by atoms with Crippen LogP contribution in [0.2, 0.25) is 10.0 Å². The van der Waals surface area contributed by atoms with Gasteiger partial charge < -0.3 is 14.4 Å². The monoisotopic (exact) mass is 532 g/mol. The van der Waals surface area contributed by atoms with Gasteiger partial charge in [0.25, 0.3) is 0 Å². The summed E-state index contributed by atoms with van der Waals surface area (Å²) in [4.78, 5) is 13.2. The minimum Gasteiger partial charge on any atom is -0.475 e. The van der Waals surface area contributed by atoms with E-state index in [0.717, 1.165) is 5.69 Å². The molecule has 1 saturated heterocycles. The summed E-state index contributed by atoms with van der Waals surface area (Å²) in [6.07, 6.45) is 0. The minimum absolute atomic E-state index is 0.00712. The molecule has 0 bridgehead atoms. The summed E-state index contributed by atoms with van der Waals surface area (Å²) in [5.74, 6) is -1.28. The van der Waals surface area contributed by atoms with Crippen LogP contribution in [0.25, 0.3) is 11.0 Å². The number of fused-ring (bicyclic) bond motifs is 1. The van der Waals surface area contributed by atoms with Gasteiger partial charge in [-0.25, -0.2) is 13.2 Å². The first-order valence-corrected chi connectivity index (χ1v) is 11.8. The molecule has 0 saturated carbocycles. The topological polar surface area (TPSA) is 91.1 Å². The summed E-state index contributed by atoms with van der Waals surface area (Å²) in [6.45, 7) is 1.43. The lowest BCUT2D eigenvalue weighted by Crippen LogP contribution is -2.48. The first kappa shape index (κ1) is 21.5. The number of carboxylic acid groups (broad SMARTS) is 1. The van der Waals surface area contributed by atoms with Crippen molar-refractivity contribution in [2.45, 2.75) is 4.90 Å². The average molecular weight is 534 g/mol. The number of carbonyl (C=O) groups is 1. The van der Waals surface area contributed by atoms with Crippen molar-refractivity contribution in [2.24, 2.45) is 0 Å². The molecule has 0 amide bonds. The van der Waals surface area contributed by atoms with Gasteiger partial charge in [0, 0.05) is 42.7 Å². The number of anilines is 1. The van der Waals surface area contributed by atoms with Crippen molar-refractivity contribution in [3.8, 4) is 0 Å². The molecule has 0 unspecified atom stereocenters. The van der Waals surface area contributed by atoms with Crippen LogP contribution in [0.1, 0.15) is 10.6 Å². The highest BCUT2D eigenvalue weighted by Crippen LogP contribution is 2.36. The molecule has 11 heteroatoms. The van der Waals surface area contributed by atoms with Crippen LogP contribution in [0.15, 0.2) is 50.2 Å². The van der Waals surface area contributed by atoms with Crippen molar-refractivity contribution in [1.82, 2.24) is 4.31 Å². The molecule has 1 fully saturated rings. The number of aromatic carboxylic acids is 1. The summed E-state index contributed by atoms with van der Waals surface area (Å²) in [6, 6.07) is 9.36. The van der Waals surface area contributed by atoms with E-state index >= 15 is 0 Å². The average Bonchev–Trinajstić information content (AvgIpc) is 3.16. The summed E-state index contributed by atoms with van der Waals surface area (Å²) in [5.41, 5.74) is 1.29. The van der Waals surface area contributed by atoms with Crippen molar-refractivity contribution in [3.63, 3.8) is 0 Å². The number of furan rings is 1. The lowest BCUT2D eigenvalue weighted by Gasteiger charge is -2.36. The first-order chi connectivity index (χ1) is 14.2. The number of rotatable bonds is 4. The van der Waals surface area contributed by atoms with Gasteiger partial charge in [-0.15, -0.1) is 0 Å². The molecular weight excluding hydrogens is 519 g/mol. The van der Waals surface area contributed by atoms with E-state index in [1.807, 2.05) is 11.0 Å². The van der Waals surface area contributed by atoms with Crippen LogP contribution in [0.5, 0.6) is 0 Å². The second kappa shape index (κ2) is 8.05. The molecule has 0 radical (unpaired) electrons. The minimum atomic E-state index is -3.77. The highest BCUT2D eigenvalue weighted by molar-refractivity contribution is 9.10.